The number of anilines is 2. The minimum Gasteiger partial charge on any atom is -0.478 e. The minimum atomic E-state index is -1.10. The highest BCUT2D eigenvalue weighted by Gasteiger charge is 2.24. The molecule has 8 heteroatoms. The highest BCUT2D eigenvalue weighted by Crippen LogP contribution is 2.31. The van der Waals surface area contributed by atoms with Crippen LogP contribution in [0.15, 0.2) is 42.5 Å². The number of nitrogens with zero attached hydrogens (tertiary/aromatic N) is 2. The standard InChI is InChI=1S/C18H17N3O5/c22-17(19-14-5-3-4-13(10-14)18(23)24)12-6-7-15(16(11-12)21(25)26)20-8-1-2-9-20/h3-7,10-11H,1-2,8-9H2,(H,19,22)(H,23,24). The first kappa shape index (κ1) is 17.4. The first-order valence-corrected chi connectivity index (χ1v) is 8.14. The predicted octanol–water partition coefficient (Wildman–Crippen LogP) is 3.15. The summed E-state index contributed by atoms with van der Waals surface area (Å²) < 4.78 is 0. The molecule has 26 heavy (non-hydrogen) atoms. The van der Waals surface area contributed by atoms with E-state index in [1.807, 2.05) is 4.90 Å². The number of nitrogens with one attached hydrogen (secondary N) is 1. The molecule has 0 radical (unpaired) electrons. The van der Waals surface area contributed by atoms with Gasteiger partial charge in [0.05, 0.1) is 10.5 Å². The van der Waals surface area contributed by atoms with Gasteiger partial charge >= 0.3 is 5.97 Å². The summed E-state index contributed by atoms with van der Waals surface area (Å²) in [4.78, 5) is 36.3. The van der Waals surface area contributed by atoms with Crippen molar-refractivity contribution < 1.29 is 19.6 Å². The van der Waals surface area contributed by atoms with Crippen LogP contribution in [0, 0.1) is 10.1 Å². The molecule has 2 N–H and O–H groups in total. The van der Waals surface area contributed by atoms with Gasteiger partial charge in [-0.15, -0.1) is 0 Å². The second-order valence-corrected chi connectivity index (χ2v) is 5.99. The van der Waals surface area contributed by atoms with E-state index >= 15 is 0 Å². The number of hydrogen-bond acceptors (Lipinski definition) is 5. The molecule has 1 fully saturated rings. The Bertz CT molecular complexity index is 875. The van der Waals surface area contributed by atoms with Crippen LogP contribution >= 0.6 is 0 Å². The molecular weight excluding hydrogens is 338 g/mol. The Kier molecular flexibility index (Phi) is 4.83. The SMILES string of the molecule is O=C(O)c1cccc(NC(=O)c2ccc(N3CCCC3)c([N+](=O)[O-])c2)c1. The largest absolute Gasteiger partial charge is 0.478 e. The number of nitro benzene ring substituents is 1. The minimum absolute atomic E-state index is 0.0400. The molecule has 0 atom stereocenters. The van der Waals surface area contributed by atoms with Gasteiger partial charge in [-0.1, -0.05) is 6.07 Å². The lowest BCUT2D eigenvalue weighted by atomic mass is 10.1. The van der Waals surface area contributed by atoms with Gasteiger partial charge in [0, 0.05) is 30.4 Å². The van der Waals surface area contributed by atoms with Crippen LogP contribution in [0.5, 0.6) is 0 Å². The number of aromatic carboxylic acids is 1. The summed E-state index contributed by atoms with van der Waals surface area (Å²) in [7, 11) is 0. The third-order valence-corrected chi connectivity index (χ3v) is 4.25. The average molecular weight is 355 g/mol. The van der Waals surface area contributed by atoms with Gasteiger partial charge in [-0.25, -0.2) is 4.79 Å². The first-order chi connectivity index (χ1) is 12.5. The fourth-order valence-corrected chi connectivity index (χ4v) is 2.97. The van der Waals surface area contributed by atoms with Crippen molar-refractivity contribution in [3.8, 4) is 0 Å². The number of rotatable bonds is 5. The van der Waals surface area contributed by atoms with Crippen LogP contribution < -0.4 is 10.2 Å². The van der Waals surface area contributed by atoms with Crippen molar-refractivity contribution in [3.05, 3.63) is 63.7 Å². The number of carbonyl (C=O) groups is 2. The van der Waals surface area contributed by atoms with Crippen molar-refractivity contribution >= 4 is 28.9 Å². The van der Waals surface area contributed by atoms with Crippen LogP contribution in [0.25, 0.3) is 0 Å². The van der Waals surface area contributed by atoms with Crippen LogP contribution in [0.2, 0.25) is 0 Å². The zero-order valence-corrected chi connectivity index (χ0v) is 13.8. The van der Waals surface area contributed by atoms with Crippen LogP contribution in [0.3, 0.4) is 0 Å². The number of amides is 1. The molecule has 0 unspecified atom stereocenters. The molecule has 0 aliphatic carbocycles. The van der Waals surface area contributed by atoms with Crippen molar-refractivity contribution in [3.63, 3.8) is 0 Å². The number of benzene rings is 2. The maximum Gasteiger partial charge on any atom is 0.335 e. The molecule has 2 aromatic rings. The lowest BCUT2D eigenvalue weighted by Crippen LogP contribution is -2.20. The van der Waals surface area contributed by atoms with Gasteiger partial charge in [0.1, 0.15) is 5.69 Å². The third-order valence-electron chi connectivity index (χ3n) is 4.25. The normalized spacial score (nSPS) is 13.5. The van der Waals surface area contributed by atoms with Gasteiger partial charge in [-0.3, -0.25) is 14.9 Å². The van der Waals surface area contributed by atoms with Crippen LogP contribution in [-0.2, 0) is 0 Å². The summed E-state index contributed by atoms with van der Waals surface area (Å²) in [6.45, 7) is 1.52. The lowest BCUT2D eigenvalue weighted by Gasteiger charge is -2.17. The fraction of sp³-hybridized carbons (Fsp3) is 0.222. The molecule has 1 heterocycles. The summed E-state index contributed by atoms with van der Waals surface area (Å²) in [5.41, 5.74) is 0.885. The van der Waals surface area contributed by atoms with E-state index in [-0.39, 0.29) is 16.8 Å². The van der Waals surface area contributed by atoms with Gasteiger partial charge in [0.15, 0.2) is 0 Å². The maximum atomic E-state index is 12.4. The molecule has 1 saturated heterocycles. The first-order valence-electron chi connectivity index (χ1n) is 8.14. The maximum absolute atomic E-state index is 12.4. The van der Waals surface area contributed by atoms with E-state index in [2.05, 4.69) is 5.32 Å². The van der Waals surface area contributed by atoms with E-state index in [0.717, 1.165) is 25.9 Å². The van der Waals surface area contributed by atoms with E-state index in [0.29, 0.717) is 11.4 Å². The number of hydrogen-bond donors (Lipinski definition) is 2. The molecule has 0 aromatic heterocycles. The third kappa shape index (κ3) is 3.64. The van der Waals surface area contributed by atoms with E-state index < -0.39 is 16.8 Å². The Morgan fingerprint density at radius 1 is 1.08 bits per heavy atom. The Morgan fingerprint density at radius 2 is 1.81 bits per heavy atom. The van der Waals surface area contributed by atoms with Crippen LogP contribution in [0.4, 0.5) is 17.1 Å². The second kappa shape index (κ2) is 7.22. The number of carboxylic acid groups (broad SMARTS) is 1. The van der Waals surface area contributed by atoms with Gasteiger partial charge in [0.25, 0.3) is 11.6 Å². The molecule has 0 bridgehead atoms. The van der Waals surface area contributed by atoms with Crippen LogP contribution in [0.1, 0.15) is 33.6 Å². The Hall–Kier alpha value is -3.42. The predicted molar refractivity (Wildman–Crippen MR) is 95.9 cm³/mol. The Morgan fingerprint density at radius 3 is 2.46 bits per heavy atom. The highest BCUT2D eigenvalue weighted by atomic mass is 16.6. The lowest BCUT2D eigenvalue weighted by molar-refractivity contribution is -0.384. The Balaban J connectivity index is 1.85. The van der Waals surface area contributed by atoms with Gasteiger partial charge in [0.2, 0.25) is 0 Å². The molecule has 1 aliphatic heterocycles. The summed E-state index contributed by atoms with van der Waals surface area (Å²) in [5.74, 6) is -1.64. The molecule has 134 valence electrons. The Labute approximate surface area is 149 Å². The van der Waals surface area contributed by atoms with Crippen molar-refractivity contribution in [2.45, 2.75) is 12.8 Å². The van der Waals surface area contributed by atoms with Crippen molar-refractivity contribution in [1.29, 1.82) is 0 Å². The fourth-order valence-electron chi connectivity index (χ4n) is 2.97. The quantitative estimate of drug-likeness (QED) is 0.629. The van der Waals surface area contributed by atoms with Crippen molar-refractivity contribution in [1.82, 2.24) is 0 Å². The molecule has 3 rings (SSSR count). The number of nitro groups is 1. The smallest absolute Gasteiger partial charge is 0.335 e. The van der Waals surface area contributed by atoms with Crippen LogP contribution in [-0.4, -0.2) is 35.0 Å². The molecule has 8 nitrogen and oxygen atoms in total. The molecule has 2 aromatic carbocycles. The molecule has 1 amide bonds. The molecule has 1 aliphatic rings. The second-order valence-electron chi connectivity index (χ2n) is 5.99. The van der Waals surface area contributed by atoms with E-state index in [1.165, 1.54) is 30.3 Å². The summed E-state index contributed by atoms with van der Waals surface area (Å²) in [6, 6.07) is 10.2. The van der Waals surface area contributed by atoms with Gasteiger partial charge in [-0.2, -0.15) is 0 Å². The highest BCUT2D eigenvalue weighted by molar-refractivity contribution is 6.05. The van der Waals surface area contributed by atoms with Crippen molar-refractivity contribution in [2.75, 3.05) is 23.3 Å². The van der Waals surface area contributed by atoms with E-state index in [1.54, 1.807) is 12.1 Å². The molecule has 0 spiro atoms. The number of carboxylic acids is 1. The van der Waals surface area contributed by atoms with Gasteiger partial charge < -0.3 is 15.3 Å². The monoisotopic (exact) mass is 355 g/mol. The molecule has 0 saturated carbocycles. The zero-order valence-electron chi connectivity index (χ0n) is 13.8. The van der Waals surface area contributed by atoms with Gasteiger partial charge in [-0.05, 0) is 43.2 Å². The van der Waals surface area contributed by atoms with E-state index in [4.69, 9.17) is 5.11 Å². The summed E-state index contributed by atoms with van der Waals surface area (Å²) in [5, 5.41) is 23.0. The average Bonchev–Trinajstić information content (AvgIpc) is 3.15. The molecular formula is C18H17N3O5. The topological polar surface area (TPSA) is 113 Å². The summed E-state index contributed by atoms with van der Waals surface area (Å²) in [6.07, 6.45) is 1.97. The van der Waals surface area contributed by atoms with Crippen molar-refractivity contribution in [2.24, 2.45) is 0 Å². The van der Waals surface area contributed by atoms with E-state index in [9.17, 15) is 19.7 Å². The summed E-state index contributed by atoms with van der Waals surface area (Å²) >= 11 is 0. The number of carbonyl (C=O) groups excluding carboxylic acids is 1. The zero-order chi connectivity index (χ0) is 18.7.